The van der Waals surface area contributed by atoms with Gasteiger partial charge in [0.05, 0.1) is 0 Å². The van der Waals surface area contributed by atoms with Crippen LogP contribution >= 0.6 is 26.8 Å². The Hall–Kier alpha value is 0.259. The van der Waals surface area contributed by atoms with E-state index >= 15 is 0 Å². The molecule has 10 heteroatoms. The maximum absolute atomic E-state index is 13.9. The molecule has 6 nitrogen and oxygen atoms in total. The molecule has 0 bridgehead atoms. The van der Waals surface area contributed by atoms with E-state index in [2.05, 4.69) is 55.4 Å². The zero-order valence-corrected chi connectivity index (χ0v) is 37.9. The van der Waals surface area contributed by atoms with E-state index in [1.807, 2.05) is 0 Å². The summed E-state index contributed by atoms with van der Waals surface area (Å²) >= 11 is -2.84. The van der Waals surface area contributed by atoms with Crippen molar-refractivity contribution in [3.63, 3.8) is 0 Å². The van der Waals surface area contributed by atoms with E-state index in [4.69, 9.17) is 14.2 Å². The van der Waals surface area contributed by atoms with Crippen LogP contribution in [-0.4, -0.2) is 70.1 Å². The molecule has 0 spiro atoms. The van der Waals surface area contributed by atoms with Gasteiger partial charge < -0.3 is 0 Å². The Labute approximate surface area is 311 Å². The van der Waals surface area contributed by atoms with Crippen LogP contribution in [0.1, 0.15) is 165 Å². The minimum absolute atomic E-state index is 0.0963. The summed E-state index contributed by atoms with van der Waals surface area (Å²) in [6.07, 6.45) is 18.3. The van der Waals surface area contributed by atoms with Gasteiger partial charge in [-0.25, -0.2) is 0 Å². The number of rotatable bonds is 33. The number of ether oxygens (including phenoxy) is 3. The Balaban J connectivity index is 5.84. The zero-order chi connectivity index (χ0) is 36.0. The van der Waals surface area contributed by atoms with Gasteiger partial charge in [0.25, 0.3) is 0 Å². The second kappa shape index (κ2) is 33.1. The van der Waals surface area contributed by atoms with Crippen LogP contribution in [0, 0.1) is 23.7 Å². The fraction of sp³-hybridized carbons (Fsp3) is 0.921. The zero-order valence-electron chi connectivity index (χ0n) is 32.2. The van der Waals surface area contributed by atoms with Crippen molar-refractivity contribution < 1.29 is 28.6 Å². The molecular formula is C38H74O6S3Sn. The Morgan fingerprint density at radius 2 is 0.917 bits per heavy atom. The Morgan fingerprint density at radius 3 is 1.29 bits per heavy atom. The van der Waals surface area contributed by atoms with Crippen LogP contribution in [0.15, 0.2) is 0 Å². The molecule has 0 aliphatic carbocycles. The second-order valence-corrected chi connectivity index (χ2v) is 40.6. The van der Waals surface area contributed by atoms with E-state index in [1.54, 1.807) is 26.8 Å². The predicted octanol–water partition coefficient (Wildman–Crippen LogP) is 11.2. The molecule has 1 unspecified atom stereocenters. The number of esters is 3. The molecule has 0 saturated heterocycles. The van der Waals surface area contributed by atoms with E-state index < -0.39 is 15.6 Å². The van der Waals surface area contributed by atoms with Gasteiger partial charge in [-0.2, -0.15) is 0 Å². The summed E-state index contributed by atoms with van der Waals surface area (Å²) in [7, 11) is 5.14. The number of hydrogen-bond acceptors (Lipinski definition) is 9. The van der Waals surface area contributed by atoms with Crippen molar-refractivity contribution in [2.45, 2.75) is 170 Å². The molecule has 284 valence electrons. The Morgan fingerprint density at radius 1 is 0.521 bits per heavy atom. The standard InChI is InChI=1S/C18H36O2S.2C10H20O2S.Sn.H/c1-5-9-12-15(8-4)14-20-18(19)17(21)16(11-7-3)13-10-6-2;2*1-3-5-6-9(4-2)7-12-10(11)8-13;;/h15-17,21H,5-14H2,1-4H3;2*9,13H,3-8H2,1-2H3;;/q;;;+3;/p-3/t15-,16+,17+;2*9-;;/m110../s1. The van der Waals surface area contributed by atoms with Crippen molar-refractivity contribution in [1.29, 1.82) is 0 Å². The van der Waals surface area contributed by atoms with Crippen LogP contribution in [-0.2, 0) is 28.6 Å². The van der Waals surface area contributed by atoms with Crippen LogP contribution in [0.5, 0.6) is 0 Å². The molecule has 0 aliphatic rings. The molecule has 0 heterocycles. The van der Waals surface area contributed by atoms with Crippen LogP contribution in [0.4, 0.5) is 0 Å². The van der Waals surface area contributed by atoms with E-state index in [0.29, 0.717) is 37.6 Å². The number of carbonyl (C=O) groups is 3. The first-order valence-electron chi connectivity index (χ1n) is 19.6. The summed E-state index contributed by atoms with van der Waals surface area (Å²) < 4.78 is 17.6. The van der Waals surface area contributed by atoms with Gasteiger partial charge in [0.2, 0.25) is 0 Å². The van der Waals surface area contributed by atoms with E-state index in [0.717, 1.165) is 109 Å². The van der Waals surface area contributed by atoms with Crippen molar-refractivity contribution in [2.24, 2.45) is 23.7 Å². The van der Waals surface area contributed by atoms with Crippen LogP contribution in [0.25, 0.3) is 0 Å². The molecule has 0 radical (unpaired) electrons. The van der Waals surface area contributed by atoms with E-state index in [-0.39, 0.29) is 40.6 Å². The van der Waals surface area contributed by atoms with Gasteiger partial charge in [-0.3, -0.25) is 0 Å². The molecule has 0 aromatic heterocycles. The third kappa shape index (κ3) is 24.4. The molecule has 48 heavy (non-hydrogen) atoms. The molecule has 0 aromatic rings. The van der Waals surface area contributed by atoms with Crippen molar-refractivity contribution in [2.75, 3.05) is 31.3 Å². The molecule has 0 N–H and O–H groups in total. The first kappa shape index (κ1) is 48.3. The maximum atomic E-state index is 13.9. The molecule has 0 rings (SSSR count). The summed E-state index contributed by atoms with van der Waals surface area (Å²) in [6.45, 7) is 18.9. The van der Waals surface area contributed by atoms with Crippen molar-refractivity contribution in [3.8, 4) is 0 Å². The topological polar surface area (TPSA) is 78.9 Å². The first-order chi connectivity index (χ1) is 23.2. The monoisotopic (exact) mass is 842 g/mol. The third-order valence-electron chi connectivity index (χ3n) is 9.23. The van der Waals surface area contributed by atoms with Gasteiger partial charge in [-0.05, 0) is 0 Å². The average molecular weight is 842 g/mol. The minimum atomic E-state index is -2.84. The molecule has 0 fully saturated rings. The molecule has 0 amide bonds. The van der Waals surface area contributed by atoms with Crippen molar-refractivity contribution >= 4 is 60.4 Å². The summed E-state index contributed by atoms with van der Waals surface area (Å²) in [4.78, 5) is 39.8. The van der Waals surface area contributed by atoms with E-state index in [1.165, 1.54) is 0 Å². The van der Waals surface area contributed by atoms with Gasteiger partial charge in [0.1, 0.15) is 0 Å². The first-order valence-corrected chi connectivity index (χ1v) is 34.7. The Bertz CT molecular complexity index is 768. The quantitative estimate of drug-likeness (QED) is 0.0365. The van der Waals surface area contributed by atoms with Gasteiger partial charge in [-0.15, -0.1) is 0 Å². The van der Waals surface area contributed by atoms with Gasteiger partial charge in [0.15, 0.2) is 0 Å². The number of hydrogen-bond donors (Lipinski definition) is 0. The van der Waals surface area contributed by atoms with Crippen molar-refractivity contribution in [1.82, 2.24) is 0 Å². The summed E-state index contributed by atoms with van der Waals surface area (Å²) in [5.74, 6) is 1.52. The fourth-order valence-corrected chi connectivity index (χ4v) is 34.6. The normalized spacial score (nSPS) is 15.2. The van der Waals surface area contributed by atoms with Crippen LogP contribution in [0.3, 0.4) is 0 Å². The van der Waals surface area contributed by atoms with Crippen molar-refractivity contribution in [3.05, 3.63) is 0 Å². The number of unbranched alkanes of at least 4 members (excludes halogenated alkanes) is 4. The van der Waals surface area contributed by atoms with Gasteiger partial charge in [-0.1, -0.05) is 0 Å². The molecule has 6 atom stereocenters. The van der Waals surface area contributed by atoms with Gasteiger partial charge in [0, 0.05) is 0 Å². The van der Waals surface area contributed by atoms with Crippen LogP contribution < -0.4 is 0 Å². The molecule has 0 aromatic carbocycles. The molecule has 0 aliphatic heterocycles. The predicted molar refractivity (Wildman–Crippen MR) is 214 cm³/mol. The summed E-state index contributed by atoms with van der Waals surface area (Å²) in [6, 6.07) is 0. The average Bonchev–Trinajstić information content (AvgIpc) is 3.09. The molecular weight excluding hydrogens is 767 g/mol. The van der Waals surface area contributed by atoms with E-state index in [9.17, 15) is 14.4 Å². The SMILES string of the molecule is CCCC[C@@H](CC)COC(=O)C[S][SnH]([S]CC(=O)OC[C@@H](CC)CCCC)[S][C@H](C(=O)OC[C@H](CC)CCCC)[C@@H](CCC)CCCC. The second-order valence-electron chi connectivity index (χ2n) is 13.4. The fourth-order valence-electron chi connectivity index (χ4n) is 5.64. The summed E-state index contributed by atoms with van der Waals surface area (Å²) in [5.41, 5.74) is 0. The summed E-state index contributed by atoms with van der Waals surface area (Å²) in [5, 5.41) is -0.259. The molecule has 0 saturated carbocycles. The van der Waals surface area contributed by atoms with Gasteiger partial charge >= 0.3 is 314 Å². The Kier molecular flexibility index (Phi) is 33.3. The number of carbonyl (C=O) groups excluding carboxylic acids is 3. The van der Waals surface area contributed by atoms with Crippen LogP contribution in [0.2, 0.25) is 0 Å². The third-order valence-corrected chi connectivity index (χ3v) is 39.0.